The summed E-state index contributed by atoms with van der Waals surface area (Å²) in [5.41, 5.74) is 0.779. The summed E-state index contributed by atoms with van der Waals surface area (Å²) in [6.07, 6.45) is 2.84. The highest BCUT2D eigenvalue weighted by Crippen LogP contribution is 2.24. The number of hydrogen-bond acceptors (Lipinski definition) is 4. The predicted octanol–water partition coefficient (Wildman–Crippen LogP) is 2.49. The lowest BCUT2D eigenvalue weighted by Gasteiger charge is -2.11. The molecule has 22 heavy (non-hydrogen) atoms. The maximum absolute atomic E-state index is 12.3. The van der Waals surface area contributed by atoms with Gasteiger partial charge in [-0.2, -0.15) is 5.10 Å². The van der Waals surface area contributed by atoms with E-state index in [9.17, 15) is 4.79 Å². The molecule has 0 atom stereocenters. The number of ether oxygens (including phenoxy) is 2. The Kier molecular flexibility index (Phi) is 5.41. The number of benzene rings is 1. The first kappa shape index (κ1) is 15.9. The molecule has 0 radical (unpaired) electrons. The van der Waals surface area contributed by atoms with E-state index in [2.05, 4.69) is 17.3 Å². The number of carbonyl (C=O) groups excluding carboxylic acids is 1. The Morgan fingerprint density at radius 2 is 2.09 bits per heavy atom. The van der Waals surface area contributed by atoms with Gasteiger partial charge in [0, 0.05) is 18.2 Å². The van der Waals surface area contributed by atoms with Gasteiger partial charge in [-0.15, -0.1) is 0 Å². The van der Waals surface area contributed by atoms with E-state index in [0.717, 1.165) is 18.5 Å². The smallest absolute Gasteiger partial charge is 0.230 e. The van der Waals surface area contributed by atoms with E-state index in [1.165, 1.54) is 0 Å². The highest BCUT2D eigenvalue weighted by molar-refractivity contribution is 5.91. The molecule has 1 amide bonds. The number of amides is 1. The lowest BCUT2D eigenvalue weighted by molar-refractivity contribution is -0.115. The van der Waals surface area contributed by atoms with Gasteiger partial charge < -0.3 is 14.8 Å². The van der Waals surface area contributed by atoms with Crippen LogP contribution in [0.4, 0.5) is 5.82 Å². The van der Waals surface area contributed by atoms with E-state index in [0.29, 0.717) is 17.3 Å². The summed E-state index contributed by atoms with van der Waals surface area (Å²) in [6.45, 7) is 2.83. The average molecular weight is 303 g/mol. The molecule has 0 saturated heterocycles. The summed E-state index contributed by atoms with van der Waals surface area (Å²) in [5, 5.41) is 7.06. The van der Waals surface area contributed by atoms with E-state index >= 15 is 0 Å². The molecule has 6 heteroatoms. The fourth-order valence-corrected chi connectivity index (χ4v) is 2.21. The van der Waals surface area contributed by atoms with Gasteiger partial charge in [0.2, 0.25) is 5.91 Å². The zero-order valence-corrected chi connectivity index (χ0v) is 13.1. The van der Waals surface area contributed by atoms with Crippen LogP contribution in [0.25, 0.3) is 0 Å². The summed E-state index contributed by atoms with van der Waals surface area (Å²) >= 11 is 0. The van der Waals surface area contributed by atoms with Crippen molar-refractivity contribution in [3.05, 3.63) is 36.0 Å². The van der Waals surface area contributed by atoms with Crippen molar-refractivity contribution in [2.75, 3.05) is 19.5 Å². The van der Waals surface area contributed by atoms with E-state index in [-0.39, 0.29) is 12.3 Å². The van der Waals surface area contributed by atoms with Crippen molar-refractivity contribution in [1.82, 2.24) is 9.78 Å². The van der Waals surface area contributed by atoms with Crippen LogP contribution in [-0.2, 0) is 17.8 Å². The van der Waals surface area contributed by atoms with E-state index < -0.39 is 0 Å². The van der Waals surface area contributed by atoms with Crippen LogP contribution in [0.1, 0.15) is 18.9 Å². The molecule has 118 valence electrons. The van der Waals surface area contributed by atoms with Crippen LogP contribution in [-0.4, -0.2) is 29.9 Å². The minimum absolute atomic E-state index is 0.121. The molecule has 0 unspecified atom stereocenters. The topological polar surface area (TPSA) is 65.4 Å². The number of hydrogen-bond donors (Lipinski definition) is 1. The number of methoxy groups -OCH3 is 2. The molecule has 0 aliphatic rings. The Hall–Kier alpha value is -2.50. The van der Waals surface area contributed by atoms with Gasteiger partial charge in [0.05, 0.1) is 26.8 Å². The fraction of sp³-hybridized carbons (Fsp3) is 0.375. The first-order valence-electron chi connectivity index (χ1n) is 7.20. The van der Waals surface area contributed by atoms with Crippen LogP contribution >= 0.6 is 0 Å². The van der Waals surface area contributed by atoms with E-state index in [1.807, 2.05) is 6.07 Å². The standard InChI is InChI=1S/C16H21N3O3/c1-4-9-19-15(7-8-17-19)18-16(20)11-12-10-13(21-2)5-6-14(12)22-3/h5-8,10H,4,9,11H2,1-3H3,(H,18,20). The average Bonchev–Trinajstić information content (AvgIpc) is 2.94. The largest absolute Gasteiger partial charge is 0.497 e. The Morgan fingerprint density at radius 3 is 2.77 bits per heavy atom. The van der Waals surface area contributed by atoms with Gasteiger partial charge in [0.25, 0.3) is 0 Å². The summed E-state index contributed by atoms with van der Waals surface area (Å²) in [4.78, 5) is 12.3. The molecule has 0 bridgehead atoms. The molecule has 6 nitrogen and oxygen atoms in total. The predicted molar refractivity (Wildman–Crippen MR) is 84.4 cm³/mol. The van der Waals surface area contributed by atoms with Crippen molar-refractivity contribution < 1.29 is 14.3 Å². The second kappa shape index (κ2) is 7.49. The van der Waals surface area contributed by atoms with E-state index in [4.69, 9.17) is 9.47 Å². The number of aromatic nitrogens is 2. The lowest BCUT2D eigenvalue weighted by atomic mass is 10.1. The van der Waals surface area contributed by atoms with Crippen LogP contribution in [0.5, 0.6) is 11.5 Å². The molecular weight excluding hydrogens is 282 g/mol. The Bertz CT molecular complexity index is 637. The number of nitrogens with zero attached hydrogens (tertiary/aromatic N) is 2. The maximum atomic E-state index is 12.3. The summed E-state index contributed by atoms with van der Waals surface area (Å²) in [6, 6.07) is 7.19. The summed E-state index contributed by atoms with van der Waals surface area (Å²) < 4.78 is 12.3. The third-order valence-electron chi connectivity index (χ3n) is 3.26. The molecule has 0 aliphatic carbocycles. The van der Waals surface area contributed by atoms with Crippen molar-refractivity contribution in [1.29, 1.82) is 0 Å². The SMILES string of the molecule is CCCn1nccc1NC(=O)Cc1cc(OC)ccc1OC. The molecule has 0 aliphatic heterocycles. The van der Waals surface area contributed by atoms with Crippen molar-refractivity contribution in [3.63, 3.8) is 0 Å². The zero-order chi connectivity index (χ0) is 15.9. The van der Waals surface area contributed by atoms with Gasteiger partial charge in [0.15, 0.2) is 0 Å². The molecule has 2 aromatic rings. The normalized spacial score (nSPS) is 10.3. The van der Waals surface area contributed by atoms with Crippen molar-refractivity contribution in [3.8, 4) is 11.5 Å². The number of carbonyl (C=O) groups is 1. The molecule has 1 aromatic heterocycles. The van der Waals surface area contributed by atoms with Gasteiger partial charge in [-0.05, 0) is 24.6 Å². The number of anilines is 1. The molecule has 1 heterocycles. The fourth-order valence-electron chi connectivity index (χ4n) is 2.21. The molecule has 0 fully saturated rings. The highest BCUT2D eigenvalue weighted by atomic mass is 16.5. The lowest BCUT2D eigenvalue weighted by Crippen LogP contribution is -2.18. The second-order valence-corrected chi connectivity index (χ2v) is 4.84. The van der Waals surface area contributed by atoms with Crippen molar-refractivity contribution >= 4 is 11.7 Å². The minimum atomic E-state index is -0.121. The Balaban J connectivity index is 2.10. The second-order valence-electron chi connectivity index (χ2n) is 4.84. The maximum Gasteiger partial charge on any atom is 0.230 e. The molecule has 0 spiro atoms. The zero-order valence-electron chi connectivity index (χ0n) is 13.1. The number of nitrogens with one attached hydrogen (secondary N) is 1. The van der Waals surface area contributed by atoms with Gasteiger partial charge in [-0.1, -0.05) is 6.92 Å². The van der Waals surface area contributed by atoms with Crippen molar-refractivity contribution in [2.24, 2.45) is 0 Å². The van der Waals surface area contributed by atoms with Gasteiger partial charge >= 0.3 is 0 Å². The molecule has 1 N–H and O–H groups in total. The quantitative estimate of drug-likeness (QED) is 0.853. The summed E-state index contributed by atoms with van der Waals surface area (Å²) in [5.74, 6) is 1.94. The number of rotatable bonds is 7. The first-order valence-corrected chi connectivity index (χ1v) is 7.20. The molecule has 2 rings (SSSR count). The van der Waals surface area contributed by atoms with Crippen LogP contribution in [0, 0.1) is 0 Å². The third kappa shape index (κ3) is 3.78. The number of aryl methyl sites for hydroxylation is 1. The first-order chi connectivity index (χ1) is 10.7. The van der Waals surface area contributed by atoms with Crippen LogP contribution in [0.15, 0.2) is 30.5 Å². The summed E-state index contributed by atoms with van der Waals surface area (Å²) in [7, 11) is 3.18. The van der Waals surface area contributed by atoms with Gasteiger partial charge in [-0.3, -0.25) is 4.79 Å². The van der Waals surface area contributed by atoms with Gasteiger partial charge in [-0.25, -0.2) is 4.68 Å². The minimum Gasteiger partial charge on any atom is -0.497 e. The monoisotopic (exact) mass is 303 g/mol. The molecule has 1 aromatic carbocycles. The Morgan fingerprint density at radius 1 is 1.27 bits per heavy atom. The molecule has 0 saturated carbocycles. The highest BCUT2D eigenvalue weighted by Gasteiger charge is 2.12. The Labute approximate surface area is 130 Å². The van der Waals surface area contributed by atoms with Crippen LogP contribution in [0.2, 0.25) is 0 Å². The van der Waals surface area contributed by atoms with E-state index in [1.54, 1.807) is 43.3 Å². The van der Waals surface area contributed by atoms with Gasteiger partial charge in [0.1, 0.15) is 17.3 Å². The van der Waals surface area contributed by atoms with Crippen molar-refractivity contribution in [2.45, 2.75) is 26.3 Å². The third-order valence-corrected chi connectivity index (χ3v) is 3.26. The molecular formula is C16H21N3O3. The van der Waals surface area contributed by atoms with Crippen LogP contribution in [0.3, 0.4) is 0 Å². The van der Waals surface area contributed by atoms with Crippen LogP contribution < -0.4 is 14.8 Å².